The van der Waals surface area contributed by atoms with E-state index < -0.39 is 6.10 Å². The number of urea groups is 1. The molecule has 0 aliphatic rings. The van der Waals surface area contributed by atoms with Crippen LogP contribution in [0.4, 0.5) is 10.5 Å². The molecule has 0 saturated carbocycles. The first kappa shape index (κ1) is 16.3. The van der Waals surface area contributed by atoms with Gasteiger partial charge in [-0.1, -0.05) is 6.92 Å². The number of nitrogens with one attached hydrogen (secondary N) is 2. The summed E-state index contributed by atoms with van der Waals surface area (Å²) in [5.74, 6) is 0.791. The van der Waals surface area contributed by atoms with E-state index in [1.54, 1.807) is 19.1 Å². The normalized spacial score (nSPS) is 13.4. The van der Waals surface area contributed by atoms with E-state index in [4.69, 9.17) is 9.84 Å². The van der Waals surface area contributed by atoms with Crippen LogP contribution in [0.1, 0.15) is 33.6 Å². The van der Waals surface area contributed by atoms with Crippen molar-refractivity contribution in [2.45, 2.75) is 45.8 Å². The van der Waals surface area contributed by atoms with Gasteiger partial charge < -0.3 is 20.5 Å². The summed E-state index contributed by atoms with van der Waals surface area (Å²) in [4.78, 5) is 11.6. The highest BCUT2D eigenvalue weighted by molar-refractivity contribution is 5.89. The zero-order valence-corrected chi connectivity index (χ0v) is 12.3. The Morgan fingerprint density at radius 1 is 1.30 bits per heavy atom. The van der Waals surface area contributed by atoms with E-state index in [0.717, 1.165) is 12.2 Å². The molecule has 112 valence electrons. The van der Waals surface area contributed by atoms with Crippen LogP contribution < -0.4 is 15.4 Å². The maximum atomic E-state index is 11.6. The van der Waals surface area contributed by atoms with Gasteiger partial charge in [0.1, 0.15) is 5.75 Å². The average molecular weight is 280 g/mol. The zero-order valence-electron chi connectivity index (χ0n) is 12.3. The van der Waals surface area contributed by atoms with E-state index in [9.17, 15) is 4.79 Å². The lowest BCUT2D eigenvalue weighted by molar-refractivity contribution is 0.184. The quantitative estimate of drug-likeness (QED) is 0.719. The fourth-order valence-electron chi connectivity index (χ4n) is 1.50. The van der Waals surface area contributed by atoms with Crippen LogP contribution in [0.3, 0.4) is 0 Å². The van der Waals surface area contributed by atoms with Crippen molar-refractivity contribution in [1.29, 1.82) is 0 Å². The van der Waals surface area contributed by atoms with Crippen molar-refractivity contribution in [3.8, 4) is 5.75 Å². The van der Waals surface area contributed by atoms with Crippen molar-refractivity contribution in [1.82, 2.24) is 5.32 Å². The molecule has 0 fully saturated rings. The Morgan fingerprint density at radius 3 is 2.50 bits per heavy atom. The third kappa shape index (κ3) is 6.43. The molecule has 0 heterocycles. The van der Waals surface area contributed by atoms with Gasteiger partial charge in [0, 0.05) is 12.2 Å². The molecular weight excluding hydrogens is 256 g/mol. The Bertz CT molecular complexity index is 404. The molecule has 2 atom stereocenters. The zero-order chi connectivity index (χ0) is 15.0. The van der Waals surface area contributed by atoms with Gasteiger partial charge in [0.25, 0.3) is 0 Å². The van der Waals surface area contributed by atoms with Gasteiger partial charge in [0.2, 0.25) is 0 Å². The predicted molar refractivity (Wildman–Crippen MR) is 80.1 cm³/mol. The summed E-state index contributed by atoms with van der Waals surface area (Å²) in [6.07, 6.45) is 1.26. The van der Waals surface area contributed by atoms with E-state index in [2.05, 4.69) is 17.6 Å². The smallest absolute Gasteiger partial charge is 0.319 e. The van der Waals surface area contributed by atoms with Crippen molar-refractivity contribution in [3.63, 3.8) is 0 Å². The molecule has 1 rings (SSSR count). The molecule has 3 N–H and O–H groups in total. The number of aliphatic hydroxyl groups excluding tert-OH is 1. The predicted octanol–water partition coefficient (Wildman–Crippen LogP) is 2.76. The number of hydrogen-bond acceptors (Lipinski definition) is 3. The van der Waals surface area contributed by atoms with Gasteiger partial charge in [-0.3, -0.25) is 0 Å². The molecular formula is C15H24N2O3. The Morgan fingerprint density at radius 2 is 1.95 bits per heavy atom. The molecule has 0 aliphatic carbocycles. The second kappa shape index (κ2) is 8.43. The van der Waals surface area contributed by atoms with Crippen LogP contribution in [-0.4, -0.2) is 29.9 Å². The number of aliphatic hydroxyl groups is 1. The summed E-state index contributed by atoms with van der Waals surface area (Å²) in [5, 5.41) is 14.5. The first-order chi connectivity index (χ1) is 9.51. The van der Waals surface area contributed by atoms with Gasteiger partial charge in [-0.25, -0.2) is 4.79 Å². The van der Waals surface area contributed by atoms with Gasteiger partial charge in [-0.15, -0.1) is 0 Å². The third-order valence-corrected chi connectivity index (χ3v) is 2.87. The minimum atomic E-state index is -0.410. The van der Waals surface area contributed by atoms with Crippen LogP contribution in [0.2, 0.25) is 0 Å². The van der Waals surface area contributed by atoms with E-state index in [0.29, 0.717) is 18.7 Å². The van der Waals surface area contributed by atoms with Crippen LogP contribution >= 0.6 is 0 Å². The molecule has 1 aromatic carbocycles. The number of rotatable bonds is 7. The number of anilines is 1. The molecule has 2 amide bonds. The largest absolute Gasteiger partial charge is 0.491 e. The van der Waals surface area contributed by atoms with Gasteiger partial charge in [-0.2, -0.15) is 0 Å². The van der Waals surface area contributed by atoms with Crippen LogP contribution in [0, 0.1) is 0 Å². The van der Waals surface area contributed by atoms with Crippen molar-refractivity contribution in [2.75, 3.05) is 11.9 Å². The molecule has 0 spiro atoms. The van der Waals surface area contributed by atoms with Gasteiger partial charge in [0.15, 0.2) is 0 Å². The summed E-state index contributed by atoms with van der Waals surface area (Å²) in [7, 11) is 0. The maximum Gasteiger partial charge on any atom is 0.319 e. The molecule has 5 heteroatoms. The molecule has 20 heavy (non-hydrogen) atoms. The highest BCUT2D eigenvalue weighted by atomic mass is 16.5. The van der Waals surface area contributed by atoms with Crippen molar-refractivity contribution < 1.29 is 14.6 Å². The van der Waals surface area contributed by atoms with Crippen molar-refractivity contribution >= 4 is 11.7 Å². The number of amides is 2. The van der Waals surface area contributed by atoms with Crippen LogP contribution in [0.5, 0.6) is 5.75 Å². The molecule has 0 saturated heterocycles. The molecule has 1 aromatic rings. The highest BCUT2D eigenvalue weighted by Gasteiger charge is 2.04. The maximum absolute atomic E-state index is 11.6. The topological polar surface area (TPSA) is 70.6 Å². The molecule has 0 aliphatic heterocycles. The Hall–Kier alpha value is -1.75. The first-order valence-electron chi connectivity index (χ1n) is 7.01. The van der Waals surface area contributed by atoms with E-state index >= 15 is 0 Å². The second-order valence-corrected chi connectivity index (χ2v) is 4.88. The second-order valence-electron chi connectivity index (χ2n) is 4.88. The van der Waals surface area contributed by atoms with Crippen LogP contribution in [-0.2, 0) is 0 Å². The SMILES string of the molecule is CCC(C)Oc1ccc(NC(=O)NCCC(C)O)cc1. The molecule has 0 aromatic heterocycles. The van der Waals surface area contributed by atoms with E-state index in [1.807, 2.05) is 19.1 Å². The van der Waals surface area contributed by atoms with Crippen molar-refractivity contribution in [3.05, 3.63) is 24.3 Å². The summed E-state index contributed by atoms with van der Waals surface area (Å²) in [5.41, 5.74) is 0.705. The Kier molecular flexibility index (Phi) is 6.87. The van der Waals surface area contributed by atoms with Gasteiger partial charge in [0.05, 0.1) is 12.2 Å². The highest BCUT2D eigenvalue weighted by Crippen LogP contribution is 2.17. The minimum Gasteiger partial charge on any atom is -0.491 e. The fraction of sp³-hybridized carbons (Fsp3) is 0.533. The Balaban J connectivity index is 2.39. The van der Waals surface area contributed by atoms with Crippen LogP contribution in [0.15, 0.2) is 24.3 Å². The molecule has 0 radical (unpaired) electrons. The van der Waals surface area contributed by atoms with Crippen molar-refractivity contribution in [2.24, 2.45) is 0 Å². The summed E-state index contributed by atoms with van der Waals surface area (Å²) in [6.45, 7) is 6.22. The summed E-state index contributed by atoms with van der Waals surface area (Å²) in [6, 6.07) is 6.98. The molecule has 2 unspecified atom stereocenters. The minimum absolute atomic E-state index is 0.178. The van der Waals surface area contributed by atoms with Gasteiger partial charge >= 0.3 is 6.03 Å². The lowest BCUT2D eigenvalue weighted by Gasteiger charge is -2.13. The third-order valence-electron chi connectivity index (χ3n) is 2.87. The monoisotopic (exact) mass is 280 g/mol. The summed E-state index contributed by atoms with van der Waals surface area (Å²) < 4.78 is 5.66. The number of ether oxygens (including phenoxy) is 1. The molecule has 0 bridgehead atoms. The standard InChI is InChI=1S/C15H24N2O3/c1-4-12(3)20-14-7-5-13(6-8-14)17-15(19)16-10-9-11(2)18/h5-8,11-12,18H,4,9-10H2,1-3H3,(H2,16,17,19). The number of carbonyl (C=O) groups excluding carboxylic acids is 1. The van der Waals surface area contributed by atoms with Crippen LogP contribution in [0.25, 0.3) is 0 Å². The van der Waals surface area contributed by atoms with Gasteiger partial charge in [-0.05, 0) is 51.0 Å². The average Bonchev–Trinajstić information content (AvgIpc) is 2.40. The number of benzene rings is 1. The fourth-order valence-corrected chi connectivity index (χ4v) is 1.50. The van der Waals surface area contributed by atoms with E-state index in [1.165, 1.54) is 0 Å². The lowest BCUT2D eigenvalue weighted by atomic mass is 10.3. The lowest BCUT2D eigenvalue weighted by Crippen LogP contribution is -2.30. The first-order valence-corrected chi connectivity index (χ1v) is 7.01. The number of hydrogen-bond donors (Lipinski definition) is 3. The molecule has 5 nitrogen and oxygen atoms in total. The Labute approximate surface area is 120 Å². The van der Waals surface area contributed by atoms with E-state index in [-0.39, 0.29) is 12.1 Å². The number of carbonyl (C=O) groups is 1. The summed E-state index contributed by atoms with van der Waals surface area (Å²) >= 11 is 0.